The molecular formula is C3H9ClNNaO2S. The Labute approximate surface area is 84.1 Å². The molecule has 0 amide bonds. The summed E-state index contributed by atoms with van der Waals surface area (Å²) >= 11 is 4.85. The van der Waals surface area contributed by atoms with Crippen LogP contribution in [-0.4, -0.2) is 13.7 Å². The molecule has 0 unspecified atom stereocenters. The molecule has 0 aliphatic carbocycles. The van der Waals surface area contributed by atoms with E-state index in [1.165, 1.54) is 0 Å². The SMILES string of the molecule is CC(C)S(=O)(=O)NCl.[H-].[Na+]. The smallest absolute Gasteiger partial charge is 1.00 e. The molecule has 0 fully saturated rings. The van der Waals surface area contributed by atoms with Crippen LogP contribution in [0, 0.1) is 0 Å². The van der Waals surface area contributed by atoms with Gasteiger partial charge in [-0.15, -0.1) is 4.24 Å². The second-order valence-corrected chi connectivity index (χ2v) is 4.32. The second kappa shape index (κ2) is 4.93. The Kier molecular flexibility index (Phi) is 7.04. The Morgan fingerprint density at radius 1 is 1.56 bits per heavy atom. The molecule has 0 aromatic heterocycles. The van der Waals surface area contributed by atoms with Gasteiger partial charge >= 0.3 is 29.6 Å². The zero-order valence-electron chi connectivity index (χ0n) is 6.68. The molecule has 0 heterocycles. The minimum absolute atomic E-state index is 0. The van der Waals surface area contributed by atoms with Crippen molar-refractivity contribution in [1.82, 2.24) is 4.24 Å². The Bertz CT molecular complexity index is 160. The maximum absolute atomic E-state index is 10.5. The molecule has 0 aliphatic rings. The largest absolute Gasteiger partial charge is 1.00 e. The quantitative estimate of drug-likeness (QED) is 0.381. The van der Waals surface area contributed by atoms with Crippen molar-refractivity contribution in [2.75, 3.05) is 0 Å². The minimum Gasteiger partial charge on any atom is -1.00 e. The Morgan fingerprint density at radius 2 is 1.89 bits per heavy atom. The summed E-state index contributed by atoms with van der Waals surface area (Å²) in [5, 5.41) is -0.458. The predicted molar refractivity (Wildman–Crippen MR) is 34.2 cm³/mol. The van der Waals surface area contributed by atoms with E-state index in [9.17, 15) is 8.42 Å². The van der Waals surface area contributed by atoms with Gasteiger partial charge in [0.25, 0.3) is 0 Å². The van der Waals surface area contributed by atoms with Crippen LogP contribution >= 0.6 is 11.8 Å². The van der Waals surface area contributed by atoms with E-state index in [0.29, 0.717) is 0 Å². The van der Waals surface area contributed by atoms with Crippen LogP contribution in [0.4, 0.5) is 0 Å². The Hall–Kier alpha value is 1.20. The van der Waals surface area contributed by atoms with Crippen molar-refractivity contribution in [3.8, 4) is 0 Å². The predicted octanol–water partition coefficient (Wildman–Crippen LogP) is -2.42. The molecular weight excluding hydrogens is 173 g/mol. The van der Waals surface area contributed by atoms with Crippen molar-refractivity contribution in [2.24, 2.45) is 0 Å². The number of sulfonamides is 1. The summed E-state index contributed by atoms with van der Waals surface area (Å²) in [6.07, 6.45) is 0. The Morgan fingerprint density at radius 3 is 1.89 bits per heavy atom. The van der Waals surface area contributed by atoms with E-state index in [-0.39, 0.29) is 31.0 Å². The van der Waals surface area contributed by atoms with Crippen molar-refractivity contribution in [3.63, 3.8) is 0 Å². The molecule has 0 saturated heterocycles. The summed E-state index contributed by atoms with van der Waals surface area (Å²) in [6, 6.07) is 0. The van der Waals surface area contributed by atoms with Crippen molar-refractivity contribution >= 4 is 21.8 Å². The first-order valence-corrected chi connectivity index (χ1v) is 4.04. The summed E-state index contributed by atoms with van der Waals surface area (Å²) < 4.78 is 22.6. The maximum atomic E-state index is 10.5. The fourth-order valence-corrected chi connectivity index (χ4v) is 0.802. The molecule has 1 N–H and O–H groups in total. The summed E-state index contributed by atoms with van der Waals surface area (Å²) in [5.74, 6) is 0. The summed E-state index contributed by atoms with van der Waals surface area (Å²) in [4.78, 5) is 0. The van der Waals surface area contributed by atoms with Crippen LogP contribution in [0.1, 0.15) is 15.3 Å². The summed E-state index contributed by atoms with van der Waals surface area (Å²) in [5.41, 5.74) is 0. The van der Waals surface area contributed by atoms with Gasteiger partial charge in [-0.3, -0.25) is 0 Å². The molecule has 0 aromatic rings. The number of halogens is 1. The standard InChI is InChI=1S/C3H8ClNO2S.Na.H/c1-3(2)8(6,7)5-4;;/h3,5H,1-2H3;;/q;+1;-1. The zero-order valence-corrected chi connectivity index (χ0v) is 9.25. The van der Waals surface area contributed by atoms with E-state index >= 15 is 0 Å². The van der Waals surface area contributed by atoms with Gasteiger partial charge in [0, 0.05) is 0 Å². The van der Waals surface area contributed by atoms with E-state index in [2.05, 4.69) is 0 Å². The molecule has 6 heteroatoms. The van der Waals surface area contributed by atoms with Crippen LogP contribution < -0.4 is 33.8 Å². The first-order chi connectivity index (χ1) is 3.50. The number of hydrogen-bond acceptors (Lipinski definition) is 2. The van der Waals surface area contributed by atoms with Crippen LogP contribution in [0.5, 0.6) is 0 Å². The molecule has 0 bridgehead atoms. The van der Waals surface area contributed by atoms with E-state index in [0.717, 1.165) is 0 Å². The third kappa shape index (κ3) is 4.58. The molecule has 3 nitrogen and oxygen atoms in total. The molecule has 0 aliphatic heterocycles. The van der Waals surface area contributed by atoms with E-state index in [1.54, 1.807) is 18.1 Å². The molecule has 0 spiro atoms. The maximum Gasteiger partial charge on any atom is 1.00 e. The Balaban J connectivity index is -0.000000245. The molecule has 0 rings (SSSR count). The van der Waals surface area contributed by atoms with Crippen LogP contribution in [0.3, 0.4) is 0 Å². The topological polar surface area (TPSA) is 46.2 Å². The van der Waals surface area contributed by atoms with Gasteiger partial charge < -0.3 is 1.43 Å². The summed E-state index contributed by atoms with van der Waals surface area (Å²) in [7, 11) is -3.22. The molecule has 9 heavy (non-hydrogen) atoms. The van der Waals surface area contributed by atoms with Gasteiger partial charge in [-0.05, 0) is 25.6 Å². The van der Waals surface area contributed by atoms with Gasteiger partial charge in [0.05, 0.1) is 5.25 Å². The average Bonchev–Trinajstić information content (AvgIpc) is 1.67. The van der Waals surface area contributed by atoms with Crippen LogP contribution in [0.25, 0.3) is 0 Å². The molecule has 0 radical (unpaired) electrons. The third-order valence-corrected chi connectivity index (χ3v) is 2.83. The molecule has 0 saturated carbocycles. The first kappa shape index (κ1) is 12.8. The molecule has 0 atom stereocenters. The summed E-state index contributed by atoms with van der Waals surface area (Å²) in [6.45, 7) is 3.09. The van der Waals surface area contributed by atoms with Crippen molar-refractivity contribution < 1.29 is 39.4 Å². The van der Waals surface area contributed by atoms with Crippen LogP contribution in [0.2, 0.25) is 0 Å². The van der Waals surface area contributed by atoms with Gasteiger partial charge in [0.1, 0.15) is 0 Å². The van der Waals surface area contributed by atoms with Crippen molar-refractivity contribution in [2.45, 2.75) is 19.1 Å². The van der Waals surface area contributed by atoms with E-state index in [4.69, 9.17) is 11.8 Å². The average molecular weight is 182 g/mol. The molecule has 0 aromatic carbocycles. The van der Waals surface area contributed by atoms with E-state index in [1.807, 2.05) is 0 Å². The molecule has 52 valence electrons. The zero-order chi connectivity index (χ0) is 6.78. The second-order valence-electron chi connectivity index (χ2n) is 1.67. The van der Waals surface area contributed by atoms with Gasteiger partial charge in [0.15, 0.2) is 0 Å². The fourth-order valence-electron chi connectivity index (χ4n) is 0.0891. The number of nitrogens with one attached hydrogen (secondary N) is 1. The van der Waals surface area contributed by atoms with E-state index < -0.39 is 15.3 Å². The van der Waals surface area contributed by atoms with Gasteiger partial charge in [-0.25, -0.2) is 8.42 Å². The minimum atomic E-state index is -3.22. The monoisotopic (exact) mass is 181 g/mol. The first-order valence-electron chi connectivity index (χ1n) is 2.12. The normalized spacial score (nSPS) is 11.1. The van der Waals surface area contributed by atoms with Gasteiger partial charge in [0.2, 0.25) is 10.0 Å². The van der Waals surface area contributed by atoms with Crippen molar-refractivity contribution in [1.29, 1.82) is 0 Å². The number of rotatable bonds is 2. The van der Waals surface area contributed by atoms with Crippen molar-refractivity contribution in [3.05, 3.63) is 0 Å². The van der Waals surface area contributed by atoms with Gasteiger partial charge in [-0.2, -0.15) is 0 Å². The van der Waals surface area contributed by atoms with Crippen LogP contribution in [0.15, 0.2) is 0 Å². The number of hydrogen-bond donors (Lipinski definition) is 1. The third-order valence-electron chi connectivity index (χ3n) is 0.728. The van der Waals surface area contributed by atoms with Gasteiger partial charge in [-0.1, -0.05) is 0 Å². The fraction of sp³-hybridized carbons (Fsp3) is 1.00. The van der Waals surface area contributed by atoms with Crippen LogP contribution in [-0.2, 0) is 10.0 Å².